The minimum atomic E-state index is -0.319. The summed E-state index contributed by atoms with van der Waals surface area (Å²) in [5.41, 5.74) is 0.806. The van der Waals surface area contributed by atoms with Gasteiger partial charge in [0.2, 0.25) is 0 Å². The van der Waals surface area contributed by atoms with Crippen LogP contribution in [-0.2, 0) is 4.79 Å². The van der Waals surface area contributed by atoms with E-state index in [4.69, 9.17) is 9.47 Å². The van der Waals surface area contributed by atoms with Crippen molar-refractivity contribution < 1.29 is 14.3 Å². The highest BCUT2D eigenvalue weighted by molar-refractivity contribution is 14.1. The van der Waals surface area contributed by atoms with E-state index >= 15 is 0 Å². The number of nitriles is 1. The molecule has 0 atom stereocenters. The Hall–Kier alpha value is -2.01. The average Bonchev–Trinajstić information content (AvgIpc) is 2.65. The van der Waals surface area contributed by atoms with Crippen LogP contribution in [0.1, 0.15) is 37.7 Å². The molecule has 6 heteroatoms. The van der Waals surface area contributed by atoms with Crippen LogP contribution in [0.3, 0.4) is 0 Å². The smallest absolute Gasteiger partial charge is 0.262 e. The number of nitrogens with one attached hydrogen (secondary N) is 1. The molecule has 0 aliphatic heterocycles. The molecule has 0 radical (unpaired) electrons. The maximum atomic E-state index is 12.4. The molecule has 138 valence electrons. The van der Waals surface area contributed by atoms with Gasteiger partial charge in [-0.1, -0.05) is 31.9 Å². The van der Waals surface area contributed by atoms with Crippen LogP contribution in [-0.4, -0.2) is 25.7 Å². The van der Waals surface area contributed by atoms with E-state index in [1.54, 1.807) is 25.3 Å². The third-order valence-electron chi connectivity index (χ3n) is 4.21. The van der Waals surface area contributed by atoms with Gasteiger partial charge in [-0.05, 0) is 59.2 Å². The lowest BCUT2D eigenvalue weighted by Crippen LogP contribution is -2.36. The van der Waals surface area contributed by atoms with Crippen molar-refractivity contribution in [1.82, 2.24) is 5.32 Å². The quantitative estimate of drug-likeness (QED) is 0.283. The molecule has 1 aliphatic carbocycles. The topological polar surface area (TPSA) is 71.3 Å². The van der Waals surface area contributed by atoms with Crippen molar-refractivity contribution in [3.05, 3.63) is 39.5 Å². The molecule has 0 heterocycles. The second-order valence-electron chi connectivity index (χ2n) is 6.11. The first-order valence-corrected chi connectivity index (χ1v) is 9.70. The fraction of sp³-hybridized carbons (Fsp3) is 0.400. The first kappa shape index (κ1) is 20.3. The predicted octanol–water partition coefficient (Wildman–Crippen LogP) is 4.22. The summed E-state index contributed by atoms with van der Waals surface area (Å²) in [5, 5.41) is 12.4. The van der Waals surface area contributed by atoms with E-state index in [9.17, 15) is 10.1 Å². The second-order valence-corrected chi connectivity index (χ2v) is 7.27. The molecule has 1 fully saturated rings. The number of hydrogen-bond acceptors (Lipinski definition) is 4. The molecule has 1 saturated carbocycles. The van der Waals surface area contributed by atoms with Gasteiger partial charge < -0.3 is 14.8 Å². The summed E-state index contributed by atoms with van der Waals surface area (Å²) in [5.74, 6) is 0.852. The monoisotopic (exact) mass is 466 g/mol. The first-order valence-electron chi connectivity index (χ1n) is 8.63. The van der Waals surface area contributed by atoms with Crippen LogP contribution in [0.5, 0.6) is 11.5 Å². The number of ether oxygens (including phenoxy) is 2. The fourth-order valence-electron chi connectivity index (χ4n) is 2.93. The van der Waals surface area contributed by atoms with Crippen LogP contribution in [0.2, 0.25) is 0 Å². The number of nitrogens with zero attached hydrogens (tertiary/aromatic N) is 1. The molecule has 0 aromatic heterocycles. The summed E-state index contributed by atoms with van der Waals surface area (Å²) in [6.45, 7) is 4.01. The summed E-state index contributed by atoms with van der Waals surface area (Å²) in [6, 6.07) is 5.78. The van der Waals surface area contributed by atoms with Gasteiger partial charge >= 0.3 is 0 Å². The van der Waals surface area contributed by atoms with Gasteiger partial charge in [-0.3, -0.25) is 4.79 Å². The fourth-order valence-corrected chi connectivity index (χ4v) is 3.71. The van der Waals surface area contributed by atoms with Gasteiger partial charge in [-0.15, -0.1) is 0 Å². The summed E-state index contributed by atoms with van der Waals surface area (Å²) in [6.07, 6.45) is 8.66. The molecule has 0 bridgehead atoms. The van der Waals surface area contributed by atoms with E-state index in [1.165, 1.54) is 6.42 Å². The molecule has 0 saturated heterocycles. The molecule has 26 heavy (non-hydrogen) atoms. The van der Waals surface area contributed by atoms with Crippen LogP contribution in [0.25, 0.3) is 6.08 Å². The predicted molar refractivity (Wildman–Crippen MR) is 110 cm³/mol. The zero-order valence-electron chi connectivity index (χ0n) is 14.9. The van der Waals surface area contributed by atoms with Crippen molar-refractivity contribution in [1.29, 1.82) is 5.26 Å². The van der Waals surface area contributed by atoms with Gasteiger partial charge in [0.05, 0.1) is 10.7 Å². The zero-order chi connectivity index (χ0) is 18.9. The van der Waals surface area contributed by atoms with Crippen LogP contribution in [0.15, 0.2) is 30.4 Å². The van der Waals surface area contributed by atoms with Crippen LogP contribution >= 0.6 is 22.6 Å². The third-order valence-corrected chi connectivity index (χ3v) is 5.02. The van der Waals surface area contributed by atoms with Crippen molar-refractivity contribution in [3.8, 4) is 17.6 Å². The van der Waals surface area contributed by atoms with Gasteiger partial charge in [0.1, 0.15) is 18.2 Å². The highest BCUT2D eigenvalue weighted by atomic mass is 127. The maximum Gasteiger partial charge on any atom is 0.262 e. The number of benzene rings is 1. The number of halogens is 1. The van der Waals surface area contributed by atoms with Crippen molar-refractivity contribution >= 4 is 34.6 Å². The van der Waals surface area contributed by atoms with Gasteiger partial charge in [-0.25, -0.2) is 0 Å². The van der Waals surface area contributed by atoms with Crippen LogP contribution in [0, 0.1) is 14.9 Å². The Morgan fingerprint density at radius 2 is 2.15 bits per heavy atom. The van der Waals surface area contributed by atoms with E-state index in [2.05, 4.69) is 34.5 Å². The third kappa shape index (κ3) is 5.49. The molecule has 1 aliphatic rings. The Bertz CT molecular complexity index is 731. The lowest BCUT2D eigenvalue weighted by atomic mass is 9.95. The normalized spacial score (nSPS) is 15.0. The average molecular weight is 466 g/mol. The number of hydrogen-bond donors (Lipinski definition) is 1. The lowest BCUT2D eigenvalue weighted by Gasteiger charge is -2.22. The SMILES string of the molecule is C=CCOc1c(I)cc(/C=C(\C#N)C(=O)NC2CCCCC2)cc1OC. The van der Waals surface area contributed by atoms with Crippen molar-refractivity contribution in [2.75, 3.05) is 13.7 Å². The highest BCUT2D eigenvalue weighted by Gasteiger charge is 2.18. The Morgan fingerprint density at radius 3 is 2.77 bits per heavy atom. The largest absolute Gasteiger partial charge is 0.493 e. The number of carbonyl (C=O) groups is 1. The van der Waals surface area contributed by atoms with E-state index < -0.39 is 0 Å². The molecule has 5 nitrogen and oxygen atoms in total. The Labute approximate surface area is 168 Å². The van der Waals surface area contributed by atoms with Gasteiger partial charge in [0.25, 0.3) is 5.91 Å². The first-order chi connectivity index (χ1) is 12.6. The summed E-state index contributed by atoms with van der Waals surface area (Å²) >= 11 is 2.14. The number of methoxy groups -OCH3 is 1. The van der Waals surface area contributed by atoms with Crippen molar-refractivity contribution in [3.63, 3.8) is 0 Å². The maximum absolute atomic E-state index is 12.4. The molecule has 1 aromatic carbocycles. The van der Waals surface area contributed by atoms with E-state index in [1.807, 2.05) is 12.1 Å². The van der Waals surface area contributed by atoms with Crippen LogP contribution in [0.4, 0.5) is 0 Å². The van der Waals surface area contributed by atoms with Gasteiger partial charge in [0, 0.05) is 6.04 Å². The van der Waals surface area contributed by atoms with E-state index in [-0.39, 0.29) is 17.5 Å². The van der Waals surface area contributed by atoms with Gasteiger partial charge in [-0.2, -0.15) is 5.26 Å². The number of rotatable bonds is 7. The van der Waals surface area contributed by atoms with Gasteiger partial charge in [0.15, 0.2) is 11.5 Å². The highest BCUT2D eigenvalue weighted by Crippen LogP contribution is 2.34. The van der Waals surface area contributed by atoms with E-state index in [0.717, 1.165) is 29.3 Å². The van der Waals surface area contributed by atoms with Crippen LogP contribution < -0.4 is 14.8 Å². The minimum absolute atomic E-state index is 0.0909. The number of amides is 1. The summed E-state index contributed by atoms with van der Waals surface area (Å²) in [4.78, 5) is 12.4. The molecule has 0 spiro atoms. The molecule has 1 N–H and O–H groups in total. The summed E-state index contributed by atoms with van der Waals surface area (Å²) in [7, 11) is 1.56. The summed E-state index contributed by atoms with van der Waals surface area (Å²) < 4.78 is 11.8. The zero-order valence-corrected chi connectivity index (χ0v) is 17.0. The molecule has 2 rings (SSSR count). The Morgan fingerprint density at radius 1 is 1.42 bits per heavy atom. The Balaban J connectivity index is 2.21. The number of carbonyl (C=O) groups excluding carboxylic acids is 1. The molecular formula is C20H23IN2O3. The molecule has 1 amide bonds. The lowest BCUT2D eigenvalue weighted by molar-refractivity contribution is -0.117. The van der Waals surface area contributed by atoms with Crippen molar-refractivity contribution in [2.45, 2.75) is 38.1 Å². The second kappa shape index (κ2) is 10.2. The van der Waals surface area contributed by atoms with Crippen molar-refractivity contribution in [2.24, 2.45) is 0 Å². The molecule has 1 aromatic rings. The minimum Gasteiger partial charge on any atom is -0.493 e. The molecule has 0 unspecified atom stereocenters. The Kier molecular flexibility index (Phi) is 7.98. The standard InChI is InChI=1S/C20H23IN2O3/c1-3-9-26-19-17(21)11-14(12-18(19)25-2)10-15(13-22)20(24)23-16-7-5-4-6-8-16/h3,10-12,16H,1,4-9H2,2H3,(H,23,24)/b15-10+. The van der Waals surface area contributed by atoms with E-state index in [0.29, 0.717) is 23.7 Å². The molecular weight excluding hydrogens is 443 g/mol.